The maximum atomic E-state index is 14.8. The number of pyridine rings is 1. The molecular weight excluding hydrogens is 407 g/mol. The first-order chi connectivity index (χ1) is 14.6. The molecule has 3 heterocycles. The predicted molar refractivity (Wildman–Crippen MR) is 113 cm³/mol. The molecule has 2 unspecified atom stereocenters. The summed E-state index contributed by atoms with van der Waals surface area (Å²) < 4.78 is 38.1. The van der Waals surface area contributed by atoms with Gasteiger partial charge in [-0.1, -0.05) is 0 Å². The molecule has 1 fully saturated rings. The minimum absolute atomic E-state index is 0.153. The van der Waals surface area contributed by atoms with Crippen molar-refractivity contribution in [3.8, 4) is 0 Å². The van der Waals surface area contributed by atoms with Gasteiger partial charge in [0.05, 0.1) is 58.2 Å². The molecule has 0 amide bonds. The molecule has 160 valence electrons. The van der Waals surface area contributed by atoms with E-state index >= 15 is 0 Å². The molecule has 1 aromatic carbocycles. The lowest BCUT2D eigenvalue weighted by Gasteiger charge is -2.26. The second-order valence-electron chi connectivity index (χ2n) is 7.39. The van der Waals surface area contributed by atoms with E-state index in [1.165, 1.54) is 6.07 Å². The molecule has 1 aliphatic heterocycles. The average molecular weight is 433 g/mol. The van der Waals surface area contributed by atoms with Crippen LogP contribution in [0.15, 0.2) is 35.6 Å². The molecule has 2 atom stereocenters. The third-order valence-electron chi connectivity index (χ3n) is 5.26. The Kier molecular flexibility index (Phi) is 6.40. The highest BCUT2D eigenvalue weighted by molar-refractivity contribution is 7.84. The number of aromatic amines is 1. The molecule has 0 spiro atoms. The molecule has 4 rings (SSSR count). The lowest BCUT2D eigenvalue weighted by Crippen LogP contribution is -2.33. The Morgan fingerprint density at radius 1 is 1.30 bits per heavy atom. The first-order valence-corrected chi connectivity index (χ1v) is 11.2. The van der Waals surface area contributed by atoms with Gasteiger partial charge in [-0.15, -0.1) is 0 Å². The number of fused-ring (bicyclic) bond motifs is 1. The monoisotopic (exact) mass is 432 g/mol. The van der Waals surface area contributed by atoms with E-state index in [9.17, 15) is 8.60 Å². The standard InChI is InChI=1S/C21H25FN4O3S/c1-28-11-14-5-6-23-15(8-14)13-30(27)21-24-18-9-17(22)20(10-19(18)25-21)26-7-3-4-16(26)12-29-2/h5-6,8-10,16H,3-4,7,11-13H2,1-2H3,(H,24,25). The Labute approximate surface area is 177 Å². The summed E-state index contributed by atoms with van der Waals surface area (Å²) in [6.07, 6.45) is 3.64. The van der Waals surface area contributed by atoms with Crippen molar-refractivity contribution in [2.45, 2.75) is 36.4 Å². The van der Waals surface area contributed by atoms with Crippen LogP contribution >= 0.6 is 0 Å². The molecule has 9 heteroatoms. The molecule has 0 aliphatic carbocycles. The minimum atomic E-state index is -1.43. The highest BCUT2D eigenvalue weighted by atomic mass is 32.2. The normalized spacial score (nSPS) is 17.7. The summed E-state index contributed by atoms with van der Waals surface area (Å²) in [5.74, 6) is -0.102. The first-order valence-electron chi connectivity index (χ1n) is 9.85. The molecule has 0 saturated carbocycles. The molecule has 7 nitrogen and oxygen atoms in total. The number of anilines is 1. The van der Waals surface area contributed by atoms with Gasteiger partial charge < -0.3 is 19.4 Å². The van der Waals surface area contributed by atoms with E-state index in [1.807, 2.05) is 17.0 Å². The van der Waals surface area contributed by atoms with Crippen molar-refractivity contribution in [3.63, 3.8) is 0 Å². The summed E-state index contributed by atoms with van der Waals surface area (Å²) in [7, 11) is 1.85. The van der Waals surface area contributed by atoms with Crippen LogP contribution in [0.1, 0.15) is 24.1 Å². The summed E-state index contributed by atoms with van der Waals surface area (Å²) >= 11 is 0. The molecular formula is C21H25FN4O3S. The predicted octanol–water partition coefficient (Wildman–Crippen LogP) is 3.17. The van der Waals surface area contributed by atoms with Gasteiger partial charge in [0.25, 0.3) is 0 Å². The number of imidazole rings is 1. The SMILES string of the molecule is COCc1ccnc(CS(=O)c2nc3cc(N4CCCC4COC)c(F)cc3[nH]2)c1. The van der Waals surface area contributed by atoms with Gasteiger partial charge in [0.1, 0.15) is 5.82 Å². The number of benzene rings is 1. The fraction of sp³-hybridized carbons (Fsp3) is 0.429. The quantitative estimate of drug-likeness (QED) is 0.589. The molecule has 2 aromatic heterocycles. The van der Waals surface area contributed by atoms with Crippen molar-refractivity contribution in [2.75, 3.05) is 32.3 Å². The second kappa shape index (κ2) is 9.20. The van der Waals surface area contributed by atoms with Crippen molar-refractivity contribution >= 4 is 27.5 Å². The summed E-state index contributed by atoms with van der Waals surface area (Å²) in [6.45, 7) is 1.81. The second-order valence-corrected chi connectivity index (χ2v) is 8.75. The van der Waals surface area contributed by atoms with Crippen LogP contribution in [0, 0.1) is 5.82 Å². The van der Waals surface area contributed by atoms with E-state index in [4.69, 9.17) is 9.47 Å². The molecule has 1 aliphatic rings. The largest absolute Gasteiger partial charge is 0.383 e. The van der Waals surface area contributed by atoms with Crippen LogP contribution < -0.4 is 4.90 Å². The Balaban J connectivity index is 1.57. The number of nitrogens with zero attached hydrogens (tertiary/aromatic N) is 3. The third kappa shape index (κ3) is 4.38. The summed E-state index contributed by atoms with van der Waals surface area (Å²) in [4.78, 5) is 13.8. The number of rotatable bonds is 8. The van der Waals surface area contributed by atoms with E-state index in [-0.39, 0.29) is 17.6 Å². The van der Waals surface area contributed by atoms with Crippen LogP contribution in [-0.4, -0.2) is 52.6 Å². The van der Waals surface area contributed by atoms with Gasteiger partial charge in [-0.2, -0.15) is 0 Å². The molecule has 30 heavy (non-hydrogen) atoms. The number of methoxy groups -OCH3 is 2. The number of hydrogen-bond acceptors (Lipinski definition) is 6. The average Bonchev–Trinajstić information content (AvgIpc) is 3.34. The topological polar surface area (TPSA) is 80.3 Å². The van der Waals surface area contributed by atoms with Crippen LogP contribution in [-0.2, 0) is 32.6 Å². The maximum absolute atomic E-state index is 14.8. The zero-order chi connectivity index (χ0) is 21.1. The number of nitrogens with one attached hydrogen (secondary N) is 1. The number of ether oxygens (including phenoxy) is 2. The lowest BCUT2D eigenvalue weighted by atomic mass is 10.2. The van der Waals surface area contributed by atoms with Gasteiger partial charge in [0, 0.05) is 33.0 Å². The Morgan fingerprint density at radius 2 is 2.17 bits per heavy atom. The van der Waals surface area contributed by atoms with Crippen molar-refractivity contribution in [3.05, 3.63) is 47.5 Å². The van der Waals surface area contributed by atoms with E-state index in [1.54, 1.807) is 26.5 Å². The van der Waals surface area contributed by atoms with Crippen LogP contribution in [0.25, 0.3) is 11.0 Å². The van der Waals surface area contributed by atoms with Crippen molar-refractivity contribution < 1.29 is 18.1 Å². The number of H-pyrrole nitrogens is 1. The summed E-state index contributed by atoms with van der Waals surface area (Å²) in [6, 6.07) is 7.03. The molecule has 1 N–H and O–H groups in total. The zero-order valence-electron chi connectivity index (χ0n) is 17.1. The van der Waals surface area contributed by atoms with Crippen LogP contribution in [0.5, 0.6) is 0 Å². The van der Waals surface area contributed by atoms with Gasteiger partial charge >= 0.3 is 0 Å². The van der Waals surface area contributed by atoms with Gasteiger partial charge in [-0.3, -0.25) is 9.19 Å². The third-order valence-corrected chi connectivity index (χ3v) is 6.44. The molecule has 0 bridgehead atoms. The zero-order valence-corrected chi connectivity index (χ0v) is 17.9. The highest BCUT2D eigenvalue weighted by Gasteiger charge is 2.27. The van der Waals surface area contributed by atoms with E-state index in [2.05, 4.69) is 15.0 Å². The Hall–Kier alpha value is -2.36. The maximum Gasteiger partial charge on any atom is 0.197 e. The fourth-order valence-electron chi connectivity index (χ4n) is 3.91. The van der Waals surface area contributed by atoms with Crippen molar-refractivity contribution in [2.24, 2.45) is 0 Å². The molecule has 0 radical (unpaired) electrons. The first kappa shape index (κ1) is 20.9. The minimum Gasteiger partial charge on any atom is -0.383 e. The van der Waals surface area contributed by atoms with E-state index in [0.717, 1.165) is 24.9 Å². The lowest BCUT2D eigenvalue weighted by molar-refractivity contribution is 0.180. The Morgan fingerprint density at radius 3 is 2.97 bits per heavy atom. The van der Waals surface area contributed by atoms with Gasteiger partial charge in [-0.25, -0.2) is 9.37 Å². The van der Waals surface area contributed by atoms with Crippen LogP contribution in [0.4, 0.5) is 10.1 Å². The summed E-state index contributed by atoms with van der Waals surface area (Å²) in [5.41, 5.74) is 3.30. The van der Waals surface area contributed by atoms with Gasteiger partial charge in [-0.05, 0) is 36.6 Å². The van der Waals surface area contributed by atoms with E-state index in [0.29, 0.717) is 40.8 Å². The van der Waals surface area contributed by atoms with Gasteiger partial charge in [0.2, 0.25) is 0 Å². The number of halogens is 1. The van der Waals surface area contributed by atoms with Crippen LogP contribution in [0.2, 0.25) is 0 Å². The molecule has 1 saturated heterocycles. The number of hydrogen-bond donors (Lipinski definition) is 1. The summed E-state index contributed by atoms with van der Waals surface area (Å²) in [5, 5.41) is 0.315. The fourth-order valence-corrected chi connectivity index (χ4v) is 4.90. The van der Waals surface area contributed by atoms with Crippen LogP contribution in [0.3, 0.4) is 0 Å². The van der Waals surface area contributed by atoms with Gasteiger partial charge in [0.15, 0.2) is 5.16 Å². The Bertz CT molecular complexity index is 1060. The highest BCUT2D eigenvalue weighted by Crippen LogP contribution is 2.31. The van der Waals surface area contributed by atoms with Crippen molar-refractivity contribution in [1.29, 1.82) is 0 Å². The van der Waals surface area contributed by atoms with E-state index < -0.39 is 10.8 Å². The van der Waals surface area contributed by atoms with Crippen molar-refractivity contribution in [1.82, 2.24) is 15.0 Å². The smallest absolute Gasteiger partial charge is 0.197 e. The molecule has 3 aromatic rings. The number of aromatic nitrogens is 3.